The van der Waals surface area contributed by atoms with Crippen molar-refractivity contribution in [3.05, 3.63) is 76.6 Å². The molecule has 0 saturated carbocycles. The lowest BCUT2D eigenvalue weighted by Gasteiger charge is -2.10. The Labute approximate surface area is 166 Å². The highest BCUT2D eigenvalue weighted by molar-refractivity contribution is 6.33. The molecule has 0 aliphatic rings. The number of esters is 1. The number of ether oxygens (including phenoxy) is 1. The van der Waals surface area contributed by atoms with Crippen LogP contribution in [0, 0.1) is 6.92 Å². The highest BCUT2D eigenvalue weighted by atomic mass is 35.5. The van der Waals surface area contributed by atoms with Gasteiger partial charge < -0.3 is 15.4 Å². The Bertz CT molecular complexity index is 1040. The number of rotatable bonds is 5. The summed E-state index contributed by atoms with van der Waals surface area (Å²) in [5.74, 6) is -0.670. The quantitative estimate of drug-likeness (QED) is 0.627. The number of para-hydroxylation sites is 1. The Morgan fingerprint density at radius 3 is 2.57 bits per heavy atom. The van der Waals surface area contributed by atoms with Crippen LogP contribution in [0.1, 0.15) is 26.5 Å². The van der Waals surface area contributed by atoms with Crippen molar-refractivity contribution in [2.45, 2.75) is 6.92 Å². The number of carbonyl (C=O) groups excluding carboxylic acids is 2. The van der Waals surface area contributed by atoms with Crippen LogP contribution in [0.25, 0.3) is 0 Å². The van der Waals surface area contributed by atoms with Crippen LogP contribution in [0.5, 0.6) is 0 Å². The predicted molar refractivity (Wildman–Crippen MR) is 107 cm³/mol. The minimum absolute atomic E-state index is 0.172. The summed E-state index contributed by atoms with van der Waals surface area (Å²) in [5, 5.41) is 6.24. The van der Waals surface area contributed by atoms with Crippen molar-refractivity contribution in [1.29, 1.82) is 0 Å². The second kappa shape index (κ2) is 8.49. The second-order valence-corrected chi connectivity index (χ2v) is 6.26. The van der Waals surface area contributed by atoms with Crippen LogP contribution in [0.15, 0.2) is 54.6 Å². The molecule has 1 aromatic heterocycles. The molecular weight excluding hydrogens is 380 g/mol. The third-order valence-corrected chi connectivity index (χ3v) is 4.08. The van der Waals surface area contributed by atoms with Gasteiger partial charge in [0.15, 0.2) is 0 Å². The first kappa shape index (κ1) is 19.3. The lowest BCUT2D eigenvalue weighted by molar-refractivity contribution is 0.0600. The number of methoxy groups -OCH3 is 1. The average Bonchev–Trinajstić information content (AvgIpc) is 2.69. The van der Waals surface area contributed by atoms with Crippen LogP contribution in [0.3, 0.4) is 0 Å². The standard InChI is InChI=1S/C20H17ClN4O3/c1-12-10-17(25-20(22-12)24-16-9-4-3-8-15(16)21)18(26)23-14-7-5-6-13(11-14)19(27)28-2/h3-11H,1-2H3,(H,23,26)(H,22,24,25). The molecule has 0 aliphatic heterocycles. The van der Waals surface area contributed by atoms with Gasteiger partial charge in [-0.25, -0.2) is 14.8 Å². The molecule has 0 saturated heterocycles. The van der Waals surface area contributed by atoms with Crippen molar-refractivity contribution in [2.75, 3.05) is 17.7 Å². The van der Waals surface area contributed by atoms with E-state index in [-0.39, 0.29) is 11.6 Å². The van der Waals surface area contributed by atoms with E-state index in [9.17, 15) is 9.59 Å². The number of hydrogen-bond acceptors (Lipinski definition) is 6. The van der Waals surface area contributed by atoms with Gasteiger partial charge in [-0.2, -0.15) is 0 Å². The molecule has 7 nitrogen and oxygen atoms in total. The maximum Gasteiger partial charge on any atom is 0.337 e. The van der Waals surface area contributed by atoms with E-state index in [1.165, 1.54) is 13.2 Å². The number of halogens is 1. The summed E-state index contributed by atoms with van der Waals surface area (Å²) in [7, 11) is 1.30. The maximum atomic E-state index is 12.6. The summed E-state index contributed by atoms with van der Waals surface area (Å²) in [5.41, 5.74) is 2.19. The zero-order chi connectivity index (χ0) is 20.1. The molecule has 3 rings (SSSR count). The fraction of sp³-hybridized carbons (Fsp3) is 0.100. The van der Waals surface area contributed by atoms with Gasteiger partial charge in [-0.3, -0.25) is 4.79 Å². The molecule has 142 valence electrons. The third kappa shape index (κ3) is 4.63. The summed E-state index contributed by atoms with van der Waals surface area (Å²) in [6.07, 6.45) is 0. The van der Waals surface area contributed by atoms with Gasteiger partial charge in [-0.05, 0) is 43.3 Å². The minimum Gasteiger partial charge on any atom is -0.465 e. The lowest BCUT2D eigenvalue weighted by atomic mass is 10.2. The van der Waals surface area contributed by atoms with Crippen LogP contribution in [0.4, 0.5) is 17.3 Å². The fourth-order valence-electron chi connectivity index (χ4n) is 2.46. The first-order valence-electron chi connectivity index (χ1n) is 8.33. The Balaban J connectivity index is 1.82. The summed E-state index contributed by atoms with van der Waals surface area (Å²) < 4.78 is 4.69. The average molecular weight is 397 g/mol. The summed E-state index contributed by atoms with van der Waals surface area (Å²) in [4.78, 5) is 32.8. The molecule has 0 fully saturated rings. The molecule has 28 heavy (non-hydrogen) atoms. The number of aromatic nitrogens is 2. The largest absolute Gasteiger partial charge is 0.465 e. The second-order valence-electron chi connectivity index (χ2n) is 5.85. The van der Waals surface area contributed by atoms with Crippen molar-refractivity contribution < 1.29 is 14.3 Å². The Hall–Kier alpha value is -3.45. The van der Waals surface area contributed by atoms with Gasteiger partial charge in [0.2, 0.25) is 5.95 Å². The monoisotopic (exact) mass is 396 g/mol. The van der Waals surface area contributed by atoms with E-state index in [0.29, 0.717) is 27.7 Å². The summed E-state index contributed by atoms with van der Waals surface area (Å²) >= 11 is 6.14. The van der Waals surface area contributed by atoms with E-state index in [1.54, 1.807) is 43.3 Å². The Morgan fingerprint density at radius 2 is 1.82 bits per heavy atom. The van der Waals surface area contributed by atoms with Crippen molar-refractivity contribution in [2.24, 2.45) is 0 Å². The van der Waals surface area contributed by atoms with E-state index >= 15 is 0 Å². The number of benzene rings is 2. The van der Waals surface area contributed by atoms with Crippen LogP contribution in [-0.2, 0) is 4.74 Å². The molecule has 2 N–H and O–H groups in total. The zero-order valence-electron chi connectivity index (χ0n) is 15.2. The number of nitrogens with one attached hydrogen (secondary N) is 2. The zero-order valence-corrected chi connectivity index (χ0v) is 15.9. The molecule has 3 aromatic rings. The van der Waals surface area contributed by atoms with Crippen molar-refractivity contribution in [3.63, 3.8) is 0 Å². The van der Waals surface area contributed by atoms with Gasteiger partial charge in [0.1, 0.15) is 5.69 Å². The molecule has 1 amide bonds. The highest BCUT2D eigenvalue weighted by Gasteiger charge is 2.13. The van der Waals surface area contributed by atoms with E-state index in [1.807, 2.05) is 12.1 Å². The van der Waals surface area contributed by atoms with E-state index in [2.05, 4.69) is 25.3 Å². The van der Waals surface area contributed by atoms with E-state index in [4.69, 9.17) is 11.6 Å². The number of amides is 1. The topological polar surface area (TPSA) is 93.2 Å². The molecule has 0 radical (unpaired) electrons. The van der Waals surface area contributed by atoms with Crippen molar-refractivity contribution >= 4 is 40.8 Å². The lowest BCUT2D eigenvalue weighted by Crippen LogP contribution is -2.16. The highest BCUT2D eigenvalue weighted by Crippen LogP contribution is 2.23. The Kier molecular flexibility index (Phi) is 5.86. The van der Waals surface area contributed by atoms with E-state index < -0.39 is 11.9 Å². The smallest absolute Gasteiger partial charge is 0.337 e. The van der Waals surface area contributed by atoms with Crippen molar-refractivity contribution in [3.8, 4) is 0 Å². The summed E-state index contributed by atoms with van der Waals surface area (Å²) in [6, 6.07) is 15.2. The number of nitrogens with zero attached hydrogens (tertiary/aromatic N) is 2. The Morgan fingerprint density at radius 1 is 1.04 bits per heavy atom. The predicted octanol–water partition coefficient (Wildman–Crippen LogP) is 4.22. The summed E-state index contributed by atoms with van der Waals surface area (Å²) in [6.45, 7) is 1.76. The molecule has 0 spiro atoms. The molecule has 0 aliphatic carbocycles. The minimum atomic E-state index is -0.486. The SMILES string of the molecule is COC(=O)c1cccc(NC(=O)c2cc(C)nc(Nc3ccccc3Cl)n2)c1. The van der Waals surface area contributed by atoms with Crippen LogP contribution in [-0.4, -0.2) is 29.0 Å². The van der Waals surface area contributed by atoms with Crippen LogP contribution in [0.2, 0.25) is 5.02 Å². The molecule has 0 atom stereocenters. The van der Waals surface area contributed by atoms with Crippen LogP contribution < -0.4 is 10.6 Å². The van der Waals surface area contributed by atoms with Gasteiger partial charge in [0.25, 0.3) is 5.91 Å². The number of hydrogen-bond donors (Lipinski definition) is 2. The molecule has 8 heteroatoms. The third-order valence-electron chi connectivity index (χ3n) is 3.75. The van der Waals surface area contributed by atoms with Gasteiger partial charge in [0, 0.05) is 11.4 Å². The van der Waals surface area contributed by atoms with Gasteiger partial charge in [-0.1, -0.05) is 29.8 Å². The van der Waals surface area contributed by atoms with Crippen molar-refractivity contribution in [1.82, 2.24) is 9.97 Å². The molecule has 0 bridgehead atoms. The normalized spacial score (nSPS) is 10.2. The molecule has 0 unspecified atom stereocenters. The number of carbonyl (C=O) groups is 2. The van der Waals surface area contributed by atoms with E-state index in [0.717, 1.165) is 0 Å². The molecule has 1 heterocycles. The molecular formula is C20H17ClN4O3. The number of anilines is 3. The fourth-order valence-corrected chi connectivity index (χ4v) is 2.64. The first-order valence-corrected chi connectivity index (χ1v) is 8.71. The maximum absolute atomic E-state index is 12.6. The van der Waals surface area contributed by atoms with Gasteiger partial charge in [0.05, 0.1) is 23.4 Å². The van der Waals surface area contributed by atoms with Gasteiger partial charge >= 0.3 is 5.97 Å². The van der Waals surface area contributed by atoms with Crippen LogP contribution >= 0.6 is 11.6 Å². The van der Waals surface area contributed by atoms with Gasteiger partial charge in [-0.15, -0.1) is 0 Å². The number of aryl methyl sites for hydroxylation is 1. The molecule has 2 aromatic carbocycles. The first-order chi connectivity index (χ1) is 13.5.